The smallest absolute Gasteiger partial charge is 0.364 e. The molecular formula is C21H19F3N4O. The first kappa shape index (κ1) is 19.2. The Balaban J connectivity index is 1.49. The summed E-state index contributed by atoms with van der Waals surface area (Å²) in [7, 11) is 0. The maximum Gasteiger partial charge on any atom is 0.417 e. The maximum atomic E-state index is 13.3. The minimum Gasteiger partial charge on any atom is -0.364 e. The average Bonchev–Trinajstić information content (AvgIpc) is 3.14. The Morgan fingerprint density at radius 1 is 1.17 bits per heavy atom. The fourth-order valence-corrected chi connectivity index (χ4v) is 3.55. The van der Waals surface area contributed by atoms with E-state index in [1.807, 2.05) is 24.3 Å². The minimum absolute atomic E-state index is 0.103. The van der Waals surface area contributed by atoms with Crippen LogP contribution >= 0.6 is 0 Å². The van der Waals surface area contributed by atoms with Crippen molar-refractivity contribution in [3.63, 3.8) is 0 Å². The molecule has 150 valence electrons. The van der Waals surface area contributed by atoms with Crippen molar-refractivity contribution in [2.45, 2.75) is 25.6 Å². The lowest BCUT2D eigenvalue weighted by Crippen LogP contribution is -2.33. The number of amides is 1. The van der Waals surface area contributed by atoms with E-state index in [4.69, 9.17) is 0 Å². The molecule has 0 bridgehead atoms. The van der Waals surface area contributed by atoms with E-state index in [0.29, 0.717) is 30.9 Å². The molecule has 0 radical (unpaired) electrons. The molecule has 1 atom stereocenters. The summed E-state index contributed by atoms with van der Waals surface area (Å²) in [4.78, 5) is 23.1. The van der Waals surface area contributed by atoms with Crippen LogP contribution in [0.5, 0.6) is 0 Å². The highest BCUT2D eigenvalue weighted by Crippen LogP contribution is 2.33. The number of benzene rings is 2. The molecule has 0 unspecified atom stereocenters. The van der Waals surface area contributed by atoms with Gasteiger partial charge in [0.2, 0.25) is 0 Å². The van der Waals surface area contributed by atoms with Crippen molar-refractivity contribution in [3.8, 4) is 0 Å². The molecule has 0 spiro atoms. The quantitative estimate of drug-likeness (QED) is 0.713. The Hall–Kier alpha value is -3.16. The second-order valence-electron chi connectivity index (χ2n) is 7.17. The summed E-state index contributed by atoms with van der Waals surface area (Å²) in [5.74, 6) is -0.0237. The molecule has 8 heteroatoms. The van der Waals surface area contributed by atoms with E-state index in [1.54, 1.807) is 13.1 Å². The SMILES string of the molecule is Cc1ccc(C(F)(F)F)c(C(=O)N2CC[C@@H](Nc3cnc4ccccc4n3)C2)c1. The number of fused-ring (bicyclic) bond motifs is 1. The Kier molecular flexibility index (Phi) is 4.86. The zero-order chi connectivity index (χ0) is 20.6. The van der Waals surface area contributed by atoms with E-state index in [-0.39, 0.29) is 11.6 Å². The van der Waals surface area contributed by atoms with E-state index < -0.39 is 17.6 Å². The van der Waals surface area contributed by atoms with Crippen molar-refractivity contribution >= 4 is 22.8 Å². The number of likely N-dealkylation sites (tertiary alicyclic amines) is 1. The lowest BCUT2D eigenvalue weighted by molar-refractivity contribution is -0.138. The van der Waals surface area contributed by atoms with Gasteiger partial charge in [0.05, 0.1) is 28.4 Å². The number of para-hydroxylation sites is 2. The number of carbonyl (C=O) groups is 1. The van der Waals surface area contributed by atoms with Crippen molar-refractivity contribution in [2.75, 3.05) is 18.4 Å². The van der Waals surface area contributed by atoms with E-state index in [2.05, 4.69) is 15.3 Å². The second-order valence-corrected chi connectivity index (χ2v) is 7.17. The average molecular weight is 400 g/mol. The number of anilines is 1. The molecular weight excluding hydrogens is 381 g/mol. The van der Waals surface area contributed by atoms with E-state index in [9.17, 15) is 18.0 Å². The summed E-state index contributed by atoms with van der Waals surface area (Å²) >= 11 is 0. The van der Waals surface area contributed by atoms with E-state index in [0.717, 1.165) is 17.1 Å². The molecule has 1 aliphatic rings. The van der Waals surface area contributed by atoms with E-state index in [1.165, 1.54) is 17.0 Å². The van der Waals surface area contributed by atoms with Crippen LogP contribution in [-0.2, 0) is 6.18 Å². The molecule has 2 aromatic carbocycles. The molecule has 1 aromatic heterocycles. The molecule has 1 aliphatic heterocycles. The van der Waals surface area contributed by atoms with Gasteiger partial charge in [-0.3, -0.25) is 9.78 Å². The Morgan fingerprint density at radius 2 is 1.93 bits per heavy atom. The Bertz CT molecular complexity index is 1070. The van der Waals surface area contributed by atoms with Gasteiger partial charge in [0, 0.05) is 19.1 Å². The number of nitrogens with zero attached hydrogens (tertiary/aromatic N) is 3. The molecule has 0 aliphatic carbocycles. The van der Waals surface area contributed by atoms with Gasteiger partial charge >= 0.3 is 6.18 Å². The number of hydrogen-bond acceptors (Lipinski definition) is 4. The lowest BCUT2D eigenvalue weighted by atomic mass is 10.0. The molecule has 5 nitrogen and oxygen atoms in total. The normalized spacial score (nSPS) is 17.0. The van der Waals surface area contributed by atoms with Gasteiger partial charge in [0.25, 0.3) is 5.91 Å². The molecule has 1 saturated heterocycles. The van der Waals surface area contributed by atoms with Gasteiger partial charge in [0.15, 0.2) is 0 Å². The zero-order valence-electron chi connectivity index (χ0n) is 15.7. The Labute approximate surface area is 165 Å². The number of hydrogen-bond donors (Lipinski definition) is 1. The van der Waals surface area contributed by atoms with Crippen LogP contribution in [0.1, 0.15) is 27.9 Å². The van der Waals surface area contributed by atoms with Gasteiger partial charge in [-0.05, 0) is 37.6 Å². The van der Waals surface area contributed by atoms with Gasteiger partial charge in [0.1, 0.15) is 5.82 Å². The number of rotatable bonds is 3. The van der Waals surface area contributed by atoms with Crippen molar-refractivity contribution in [2.24, 2.45) is 0 Å². The first-order chi connectivity index (χ1) is 13.8. The van der Waals surface area contributed by atoms with Crippen molar-refractivity contribution in [1.82, 2.24) is 14.9 Å². The topological polar surface area (TPSA) is 58.1 Å². The summed E-state index contributed by atoms with van der Waals surface area (Å²) in [6.45, 7) is 2.35. The predicted molar refractivity (Wildman–Crippen MR) is 104 cm³/mol. The number of aromatic nitrogens is 2. The molecule has 29 heavy (non-hydrogen) atoms. The highest BCUT2D eigenvalue weighted by atomic mass is 19.4. The number of carbonyl (C=O) groups excluding carboxylic acids is 1. The largest absolute Gasteiger partial charge is 0.417 e. The van der Waals surface area contributed by atoms with Crippen LogP contribution in [0, 0.1) is 6.92 Å². The first-order valence-corrected chi connectivity index (χ1v) is 9.27. The summed E-state index contributed by atoms with van der Waals surface area (Å²) < 4.78 is 40.0. The van der Waals surface area contributed by atoms with Gasteiger partial charge < -0.3 is 10.2 Å². The maximum absolute atomic E-state index is 13.3. The summed E-state index contributed by atoms with van der Waals surface area (Å²) in [6.07, 6.45) is -2.33. The summed E-state index contributed by atoms with van der Waals surface area (Å²) in [5.41, 5.74) is 0.939. The van der Waals surface area contributed by atoms with Crippen molar-refractivity contribution < 1.29 is 18.0 Å². The standard InChI is InChI=1S/C21H19F3N4O/c1-13-6-7-16(21(22,23)24)15(10-13)20(29)28-9-8-14(12-28)26-19-11-25-17-4-2-3-5-18(17)27-19/h2-7,10-11,14H,8-9,12H2,1H3,(H,26,27)/t14-/m1/s1. The number of nitrogens with one attached hydrogen (secondary N) is 1. The lowest BCUT2D eigenvalue weighted by Gasteiger charge is -2.20. The minimum atomic E-state index is -4.57. The molecule has 3 aromatic rings. The van der Waals surface area contributed by atoms with Crippen LogP contribution in [0.15, 0.2) is 48.7 Å². The third kappa shape index (κ3) is 4.01. The highest BCUT2D eigenvalue weighted by Gasteiger charge is 2.37. The highest BCUT2D eigenvalue weighted by molar-refractivity contribution is 5.96. The van der Waals surface area contributed by atoms with Crippen LogP contribution in [0.3, 0.4) is 0 Å². The van der Waals surface area contributed by atoms with Crippen molar-refractivity contribution in [1.29, 1.82) is 0 Å². The zero-order valence-corrected chi connectivity index (χ0v) is 15.7. The molecule has 4 rings (SSSR count). The molecule has 1 amide bonds. The van der Waals surface area contributed by atoms with Gasteiger partial charge in [-0.25, -0.2) is 4.98 Å². The van der Waals surface area contributed by atoms with E-state index >= 15 is 0 Å². The van der Waals surface area contributed by atoms with Crippen LogP contribution < -0.4 is 5.32 Å². The third-order valence-corrected chi connectivity index (χ3v) is 4.99. The fourth-order valence-electron chi connectivity index (χ4n) is 3.55. The molecule has 1 N–H and O–H groups in total. The molecule has 2 heterocycles. The first-order valence-electron chi connectivity index (χ1n) is 9.27. The van der Waals surface area contributed by atoms with Crippen molar-refractivity contribution in [3.05, 3.63) is 65.4 Å². The number of aryl methyl sites for hydroxylation is 1. The van der Waals surface area contributed by atoms with Crippen LogP contribution in [0.4, 0.5) is 19.0 Å². The Morgan fingerprint density at radius 3 is 2.69 bits per heavy atom. The molecule has 0 saturated carbocycles. The predicted octanol–water partition coefficient (Wildman–Crippen LogP) is 4.28. The number of halogens is 3. The monoisotopic (exact) mass is 400 g/mol. The van der Waals surface area contributed by atoms with Gasteiger partial charge in [-0.15, -0.1) is 0 Å². The fraction of sp³-hybridized carbons (Fsp3) is 0.286. The summed E-state index contributed by atoms with van der Waals surface area (Å²) in [5, 5.41) is 3.24. The second kappa shape index (κ2) is 7.35. The number of alkyl halides is 3. The van der Waals surface area contributed by atoms with Crippen LogP contribution in [0.25, 0.3) is 11.0 Å². The summed E-state index contributed by atoms with van der Waals surface area (Å²) in [6, 6.07) is 11.0. The van der Waals surface area contributed by atoms with Crippen LogP contribution in [0.2, 0.25) is 0 Å². The third-order valence-electron chi connectivity index (χ3n) is 4.99. The van der Waals surface area contributed by atoms with Gasteiger partial charge in [-0.1, -0.05) is 23.8 Å². The van der Waals surface area contributed by atoms with Crippen LogP contribution in [-0.4, -0.2) is 39.9 Å². The molecule has 1 fully saturated rings. The van der Waals surface area contributed by atoms with Gasteiger partial charge in [-0.2, -0.15) is 13.2 Å².